The molecule has 1 aliphatic rings. The summed E-state index contributed by atoms with van der Waals surface area (Å²) in [6.07, 6.45) is 1.03. The third-order valence-electron chi connectivity index (χ3n) is 7.48. The van der Waals surface area contributed by atoms with Gasteiger partial charge in [-0.2, -0.15) is 46.5 Å². The van der Waals surface area contributed by atoms with E-state index >= 15 is 0 Å². The van der Waals surface area contributed by atoms with E-state index in [1.807, 2.05) is 6.07 Å². The molecule has 0 saturated heterocycles. The molecule has 0 heterocycles. The van der Waals surface area contributed by atoms with Crippen LogP contribution in [0.5, 0.6) is 0 Å². The second-order valence-electron chi connectivity index (χ2n) is 14.2. The van der Waals surface area contributed by atoms with E-state index in [4.69, 9.17) is 0 Å². The number of benzene rings is 3. The van der Waals surface area contributed by atoms with Gasteiger partial charge < -0.3 is 24.8 Å². The molecule has 3 heteroatoms. The van der Waals surface area contributed by atoms with Crippen molar-refractivity contribution in [2.75, 3.05) is 0 Å². The van der Waals surface area contributed by atoms with Gasteiger partial charge in [-0.1, -0.05) is 105 Å². The predicted molar refractivity (Wildman–Crippen MR) is 173 cm³/mol. The van der Waals surface area contributed by atoms with Crippen LogP contribution in [-0.2, 0) is 46.9 Å². The molecular formula is C39H48Cl2Zr-2. The van der Waals surface area contributed by atoms with E-state index in [2.05, 4.69) is 153 Å². The van der Waals surface area contributed by atoms with Crippen LogP contribution in [0.15, 0.2) is 72.8 Å². The Bertz CT molecular complexity index is 1380. The number of rotatable bonds is 1. The van der Waals surface area contributed by atoms with E-state index in [1.165, 1.54) is 79.9 Å². The van der Waals surface area contributed by atoms with Gasteiger partial charge in [0.2, 0.25) is 0 Å². The number of aryl methyl sites for hydroxylation is 2. The second-order valence-corrected chi connectivity index (χ2v) is 15.0. The molecule has 0 bridgehead atoms. The Morgan fingerprint density at radius 1 is 0.714 bits per heavy atom. The van der Waals surface area contributed by atoms with Gasteiger partial charge in [0.1, 0.15) is 0 Å². The number of halogens is 2. The number of hydrogen-bond acceptors (Lipinski definition) is 0. The molecule has 0 aliphatic heterocycles. The van der Waals surface area contributed by atoms with Crippen molar-refractivity contribution in [2.24, 2.45) is 0 Å². The second kappa shape index (κ2) is 15.4. The summed E-state index contributed by atoms with van der Waals surface area (Å²) >= 11 is 1.46. The summed E-state index contributed by atoms with van der Waals surface area (Å²) in [7, 11) is 0. The van der Waals surface area contributed by atoms with Crippen LogP contribution in [0, 0.1) is 19.9 Å². The topological polar surface area (TPSA) is 0 Å². The summed E-state index contributed by atoms with van der Waals surface area (Å²) < 4.78 is 2.17. The van der Waals surface area contributed by atoms with Crippen LogP contribution in [0.25, 0.3) is 11.1 Å². The molecule has 0 fully saturated rings. The zero-order valence-electron chi connectivity index (χ0n) is 27.5. The van der Waals surface area contributed by atoms with Crippen LogP contribution < -0.4 is 24.8 Å². The maximum atomic E-state index is 3.67. The maximum absolute atomic E-state index is 3.67. The Hall–Kier alpha value is -1.66. The minimum absolute atomic E-state index is 0. The number of hydrogen-bond donors (Lipinski definition) is 0. The summed E-state index contributed by atoms with van der Waals surface area (Å²) in [6.45, 7) is 24.7. The van der Waals surface area contributed by atoms with Gasteiger partial charge in [0.15, 0.2) is 0 Å². The SMILES string of the molecule is CC(C)(C)c1[c-]c2c(cc1)-c1ccc(C(C)(C)C)cc1C2.Cc1cc(C(C)(C)C)c(C)[cH-]1.[Cl-].[Cl-].[Zr+2]=[CH]c1ccccc1. The van der Waals surface area contributed by atoms with E-state index < -0.39 is 0 Å². The molecule has 5 rings (SSSR count). The molecule has 0 amide bonds. The summed E-state index contributed by atoms with van der Waals surface area (Å²) in [4.78, 5) is 0. The first-order chi connectivity index (χ1) is 18.5. The van der Waals surface area contributed by atoms with Crippen LogP contribution in [-0.4, -0.2) is 3.71 Å². The van der Waals surface area contributed by atoms with Crippen LogP contribution in [0.1, 0.15) is 107 Å². The van der Waals surface area contributed by atoms with E-state index in [0.29, 0.717) is 5.41 Å². The third-order valence-corrected chi connectivity index (χ3v) is 8.30. The zero-order valence-corrected chi connectivity index (χ0v) is 31.4. The van der Waals surface area contributed by atoms with Crippen LogP contribution in [0.2, 0.25) is 0 Å². The first-order valence-corrected chi connectivity index (χ1v) is 15.9. The molecule has 42 heavy (non-hydrogen) atoms. The molecule has 0 N–H and O–H groups in total. The normalized spacial score (nSPS) is 11.8. The summed E-state index contributed by atoms with van der Waals surface area (Å²) in [6, 6.07) is 30.1. The average molecular weight is 679 g/mol. The van der Waals surface area contributed by atoms with Crippen LogP contribution in [0.4, 0.5) is 0 Å². The fraction of sp³-hybridized carbons (Fsp3) is 0.385. The van der Waals surface area contributed by atoms with Crippen LogP contribution >= 0.6 is 0 Å². The van der Waals surface area contributed by atoms with Crippen molar-refractivity contribution < 1.29 is 49.0 Å². The molecule has 0 aromatic heterocycles. The number of fused-ring (bicyclic) bond motifs is 3. The molecule has 0 unspecified atom stereocenters. The first kappa shape index (κ1) is 38.4. The Balaban J connectivity index is 0.000000354. The first-order valence-electron chi connectivity index (χ1n) is 14.5. The van der Waals surface area contributed by atoms with Gasteiger partial charge in [-0.05, 0) is 28.4 Å². The van der Waals surface area contributed by atoms with Gasteiger partial charge in [0.05, 0.1) is 0 Å². The monoisotopic (exact) mass is 676 g/mol. The fourth-order valence-electron chi connectivity index (χ4n) is 5.19. The van der Waals surface area contributed by atoms with Gasteiger partial charge >= 0.3 is 63.8 Å². The fourth-order valence-corrected chi connectivity index (χ4v) is 5.66. The molecule has 4 aromatic carbocycles. The van der Waals surface area contributed by atoms with Gasteiger partial charge in [0, 0.05) is 0 Å². The molecule has 0 spiro atoms. The zero-order chi connectivity index (χ0) is 29.9. The van der Waals surface area contributed by atoms with Crippen LogP contribution in [0.3, 0.4) is 0 Å². The Morgan fingerprint density at radius 3 is 1.74 bits per heavy atom. The summed E-state index contributed by atoms with van der Waals surface area (Å²) in [5, 5.41) is 0. The molecule has 4 aromatic rings. The van der Waals surface area contributed by atoms with E-state index in [9.17, 15) is 0 Å². The molecular weight excluding hydrogens is 631 g/mol. The summed E-state index contributed by atoms with van der Waals surface area (Å²) in [5.74, 6) is 0. The standard InChI is InChI=1S/C21H25.C11H17.C7H6.2ClH.Zr/c1-20(2,3)16-7-9-18-14(12-16)11-15-13-17(21(4,5)6)8-10-19(15)18;1-8-6-9(2)10(7-8)11(3,4)5;1-7-5-3-2-4-6-7;;;/h7-10,12H,11H2,1-6H3;6-7H,1-5H3;1-6H;2*1H;/q2*-1;;;;+2/p-2. The van der Waals surface area contributed by atoms with Gasteiger partial charge in [-0.3, -0.25) is 0 Å². The van der Waals surface area contributed by atoms with Crippen molar-refractivity contribution in [1.82, 2.24) is 0 Å². The summed E-state index contributed by atoms with van der Waals surface area (Å²) in [5.41, 5.74) is 14.6. The van der Waals surface area contributed by atoms with Crippen molar-refractivity contribution in [3.63, 3.8) is 0 Å². The van der Waals surface area contributed by atoms with Crippen molar-refractivity contribution in [2.45, 2.75) is 98.8 Å². The van der Waals surface area contributed by atoms with Crippen molar-refractivity contribution in [3.05, 3.63) is 123 Å². The van der Waals surface area contributed by atoms with Gasteiger partial charge in [-0.25, -0.2) is 6.07 Å². The van der Waals surface area contributed by atoms with Crippen molar-refractivity contribution >= 4 is 3.71 Å². The van der Waals surface area contributed by atoms with E-state index in [-0.39, 0.29) is 35.6 Å². The van der Waals surface area contributed by atoms with E-state index in [0.717, 1.165) is 6.42 Å². The quantitative estimate of drug-likeness (QED) is 0.231. The Kier molecular flexibility index (Phi) is 14.0. The van der Waals surface area contributed by atoms with Gasteiger partial charge in [0.25, 0.3) is 0 Å². The van der Waals surface area contributed by atoms with E-state index in [1.54, 1.807) is 0 Å². The molecule has 0 atom stereocenters. The molecule has 224 valence electrons. The van der Waals surface area contributed by atoms with Gasteiger partial charge in [-0.15, -0.1) is 11.1 Å². The molecule has 0 saturated carbocycles. The molecule has 1 aliphatic carbocycles. The van der Waals surface area contributed by atoms with Crippen molar-refractivity contribution in [3.8, 4) is 11.1 Å². The molecule has 0 nitrogen and oxygen atoms in total. The Labute approximate surface area is 284 Å². The average Bonchev–Trinajstić information content (AvgIpc) is 3.42. The third kappa shape index (κ3) is 10.2. The minimum atomic E-state index is 0. The predicted octanol–water partition coefficient (Wildman–Crippen LogP) is 4.36. The van der Waals surface area contributed by atoms with Crippen molar-refractivity contribution in [1.29, 1.82) is 0 Å². The Morgan fingerprint density at radius 2 is 1.31 bits per heavy atom. The molecule has 0 radical (unpaired) electrons.